The first-order valence-corrected chi connectivity index (χ1v) is 15.5. The zero-order valence-electron chi connectivity index (χ0n) is 25.6. The van der Waals surface area contributed by atoms with Gasteiger partial charge in [-0.3, -0.25) is 19.8 Å². The molecule has 2 saturated heterocycles. The number of benzene rings is 2. The highest BCUT2D eigenvalue weighted by Crippen LogP contribution is 2.47. The number of anilines is 3. The van der Waals surface area contributed by atoms with E-state index in [9.17, 15) is 18.8 Å². The molecule has 0 spiro atoms. The molecule has 11 nitrogen and oxygen atoms in total. The zero-order chi connectivity index (χ0) is 32.3. The Balaban J connectivity index is 1.01. The molecule has 0 bridgehead atoms. The number of urea groups is 1. The van der Waals surface area contributed by atoms with E-state index < -0.39 is 28.9 Å². The number of hydrogen-bond acceptors (Lipinski definition) is 7. The van der Waals surface area contributed by atoms with Crippen LogP contribution < -0.4 is 20.7 Å². The molecule has 2 aliphatic heterocycles. The normalized spacial score (nSPS) is 18.5. The molecule has 0 unspecified atom stereocenters. The maximum absolute atomic E-state index is 15.0. The van der Waals surface area contributed by atoms with Crippen molar-refractivity contribution in [2.75, 3.05) is 62.3 Å². The van der Waals surface area contributed by atoms with Gasteiger partial charge in [-0.15, -0.1) is 0 Å². The summed E-state index contributed by atoms with van der Waals surface area (Å²) < 4.78 is 33.9. The van der Waals surface area contributed by atoms with E-state index in [0.717, 1.165) is 45.1 Å². The van der Waals surface area contributed by atoms with Crippen molar-refractivity contribution in [3.8, 4) is 11.5 Å². The minimum atomic E-state index is -1.28. The van der Waals surface area contributed by atoms with Crippen molar-refractivity contribution in [3.05, 3.63) is 72.4 Å². The lowest BCUT2D eigenvalue weighted by Crippen LogP contribution is -2.54. The molecule has 0 radical (unpaired) electrons. The Kier molecular flexibility index (Phi) is 9.13. The number of hydrogen-bond donors (Lipinski definition) is 3. The van der Waals surface area contributed by atoms with Crippen molar-refractivity contribution >= 4 is 35.0 Å². The van der Waals surface area contributed by atoms with Gasteiger partial charge in [0.2, 0.25) is 11.8 Å². The first kappa shape index (κ1) is 31.4. The van der Waals surface area contributed by atoms with Crippen LogP contribution in [0.3, 0.4) is 0 Å². The molecule has 3 aromatic rings. The maximum atomic E-state index is 15.0. The van der Waals surface area contributed by atoms with Crippen molar-refractivity contribution in [2.24, 2.45) is 5.41 Å². The van der Waals surface area contributed by atoms with E-state index in [1.54, 1.807) is 11.0 Å². The maximum Gasteiger partial charge on any atom is 0.323 e. The third-order valence-electron chi connectivity index (χ3n) is 8.91. The number of likely N-dealkylation sites (tertiary alicyclic amines) is 1. The first-order valence-electron chi connectivity index (χ1n) is 15.5. The number of pyridine rings is 1. The van der Waals surface area contributed by atoms with Crippen LogP contribution in [0.5, 0.6) is 11.5 Å². The lowest BCUT2D eigenvalue weighted by atomic mass is 10.0. The van der Waals surface area contributed by atoms with Gasteiger partial charge in [0, 0.05) is 61.9 Å². The van der Waals surface area contributed by atoms with Gasteiger partial charge in [0.1, 0.15) is 22.8 Å². The topological polar surface area (TPSA) is 119 Å². The lowest BCUT2D eigenvalue weighted by Gasteiger charge is -2.42. The Labute approximate surface area is 265 Å². The van der Waals surface area contributed by atoms with E-state index >= 15 is 4.39 Å². The first-order chi connectivity index (χ1) is 22.2. The minimum absolute atomic E-state index is 0.0957. The van der Waals surface area contributed by atoms with Crippen molar-refractivity contribution in [3.63, 3.8) is 0 Å². The fourth-order valence-electron chi connectivity index (χ4n) is 5.89. The van der Waals surface area contributed by atoms with E-state index in [0.29, 0.717) is 37.7 Å². The summed E-state index contributed by atoms with van der Waals surface area (Å²) >= 11 is 0. The van der Waals surface area contributed by atoms with E-state index in [1.807, 2.05) is 0 Å². The SMILES string of the molecule is CN1CCC(N2CCN(C(=O)Nc3cc(Oc4ccc(NC(=O)C5(C(=O)Nc6ccc(F)cc6)CC5)cc4F)ccn3)CC2)CC1. The van der Waals surface area contributed by atoms with Crippen molar-refractivity contribution < 1.29 is 27.9 Å². The second kappa shape index (κ2) is 13.4. The second-order valence-corrected chi connectivity index (χ2v) is 12.1. The number of amides is 4. The van der Waals surface area contributed by atoms with Gasteiger partial charge >= 0.3 is 6.03 Å². The van der Waals surface area contributed by atoms with E-state index in [1.165, 1.54) is 48.7 Å². The molecular formula is C33H37F2N7O4. The summed E-state index contributed by atoms with van der Waals surface area (Å²) in [5, 5.41) is 8.06. The average molecular weight is 634 g/mol. The summed E-state index contributed by atoms with van der Waals surface area (Å²) in [5.74, 6) is -1.79. The Bertz CT molecular complexity index is 1590. The molecule has 3 N–H and O–H groups in total. The highest BCUT2D eigenvalue weighted by Gasteiger charge is 2.56. The van der Waals surface area contributed by atoms with E-state index in [-0.39, 0.29) is 29.0 Å². The molecule has 3 heterocycles. The molecule has 242 valence electrons. The third-order valence-corrected chi connectivity index (χ3v) is 8.91. The molecular weight excluding hydrogens is 596 g/mol. The molecule has 3 fully saturated rings. The highest BCUT2D eigenvalue weighted by molar-refractivity contribution is 6.16. The molecule has 46 heavy (non-hydrogen) atoms. The Morgan fingerprint density at radius 2 is 1.48 bits per heavy atom. The quantitative estimate of drug-likeness (QED) is 0.307. The largest absolute Gasteiger partial charge is 0.454 e. The number of aromatic nitrogens is 1. The van der Waals surface area contributed by atoms with Crippen LogP contribution in [-0.2, 0) is 9.59 Å². The average Bonchev–Trinajstić information content (AvgIpc) is 3.87. The van der Waals surface area contributed by atoms with Crippen LogP contribution in [0.4, 0.5) is 30.8 Å². The third kappa shape index (κ3) is 7.26. The predicted octanol–water partition coefficient (Wildman–Crippen LogP) is 4.75. The summed E-state index contributed by atoms with van der Waals surface area (Å²) in [7, 11) is 2.15. The lowest BCUT2D eigenvalue weighted by molar-refractivity contribution is -0.131. The highest BCUT2D eigenvalue weighted by atomic mass is 19.1. The Morgan fingerprint density at radius 1 is 0.826 bits per heavy atom. The van der Waals surface area contributed by atoms with Gasteiger partial charge in [0.05, 0.1) is 0 Å². The summed E-state index contributed by atoms with van der Waals surface area (Å²) in [6, 6.07) is 12.6. The van der Waals surface area contributed by atoms with Gasteiger partial charge in [-0.1, -0.05) is 0 Å². The van der Waals surface area contributed by atoms with Crippen LogP contribution in [0, 0.1) is 17.0 Å². The van der Waals surface area contributed by atoms with Crippen LogP contribution in [0.25, 0.3) is 0 Å². The van der Waals surface area contributed by atoms with Gasteiger partial charge in [-0.05, 0) is 88.3 Å². The molecule has 4 amide bonds. The van der Waals surface area contributed by atoms with Crippen LogP contribution in [0.2, 0.25) is 0 Å². The van der Waals surface area contributed by atoms with Gasteiger partial charge < -0.3 is 25.2 Å². The number of piperidine rings is 1. The van der Waals surface area contributed by atoms with Crippen LogP contribution in [-0.4, -0.2) is 89.9 Å². The Hall–Kier alpha value is -4.62. The monoisotopic (exact) mass is 633 g/mol. The molecule has 6 rings (SSSR count). The van der Waals surface area contributed by atoms with Gasteiger partial charge in [0.25, 0.3) is 0 Å². The van der Waals surface area contributed by atoms with Crippen molar-refractivity contribution in [2.45, 2.75) is 31.7 Å². The van der Waals surface area contributed by atoms with Crippen LogP contribution in [0.1, 0.15) is 25.7 Å². The van der Waals surface area contributed by atoms with Gasteiger partial charge in [0.15, 0.2) is 11.6 Å². The number of carbonyl (C=O) groups is 3. The molecule has 2 aromatic carbocycles. The van der Waals surface area contributed by atoms with Crippen LogP contribution in [0.15, 0.2) is 60.8 Å². The fourth-order valence-corrected chi connectivity index (χ4v) is 5.89. The Morgan fingerprint density at radius 3 is 2.13 bits per heavy atom. The zero-order valence-corrected chi connectivity index (χ0v) is 25.6. The minimum Gasteiger partial charge on any atom is -0.454 e. The molecule has 3 aliphatic rings. The summed E-state index contributed by atoms with van der Waals surface area (Å²) in [5.41, 5.74) is -0.745. The summed E-state index contributed by atoms with van der Waals surface area (Å²) in [6.07, 6.45) is 4.44. The molecule has 13 heteroatoms. The van der Waals surface area contributed by atoms with Gasteiger partial charge in [-0.2, -0.15) is 0 Å². The number of ether oxygens (including phenoxy) is 1. The van der Waals surface area contributed by atoms with E-state index in [2.05, 4.69) is 37.8 Å². The fraction of sp³-hybridized carbons (Fsp3) is 0.394. The summed E-state index contributed by atoms with van der Waals surface area (Å²) in [6.45, 7) is 5.12. The second-order valence-electron chi connectivity index (χ2n) is 12.1. The molecule has 1 aliphatic carbocycles. The van der Waals surface area contributed by atoms with Crippen molar-refractivity contribution in [1.82, 2.24) is 19.7 Å². The molecule has 1 aromatic heterocycles. The standard InChI is InChI=1S/C33H37F2N7O4/c1-40-14-9-25(10-15-40)41-16-18-42(19-17-41)32(45)39-29-21-26(8-13-36-29)46-28-7-6-24(20-27(28)35)38-31(44)33(11-12-33)30(43)37-23-4-2-22(34)3-5-23/h2-8,13,20-21,25H,9-12,14-19H2,1H3,(H,37,43)(H,38,44)(H,36,39,45). The van der Waals surface area contributed by atoms with E-state index in [4.69, 9.17) is 4.74 Å². The molecule has 1 saturated carbocycles. The number of nitrogens with one attached hydrogen (secondary N) is 3. The number of rotatable bonds is 8. The number of carbonyl (C=O) groups excluding carboxylic acids is 3. The number of nitrogens with zero attached hydrogens (tertiary/aromatic N) is 4. The predicted molar refractivity (Wildman–Crippen MR) is 169 cm³/mol. The van der Waals surface area contributed by atoms with Gasteiger partial charge in [-0.25, -0.2) is 18.6 Å². The van der Waals surface area contributed by atoms with Crippen molar-refractivity contribution in [1.29, 1.82) is 0 Å². The molecule has 0 atom stereocenters. The van der Waals surface area contributed by atoms with Crippen LogP contribution >= 0.6 is 0 Å². The number of halogens is 2. The smallest absolute Gasteiger partial charge is 0.323 e. The summed E-state index contributed by atoms with van der Waals surface area (Å²) in [4.78, 5) is 49.5. The number of piperazine rings is 1.